The van der Waals surface area contributed by atoms with Crippen molar-refractivity contribution in [2.75, 3.05) is 0 Å². The van der Waals surface area contributed by atoms with Crippen LogP contribution in [-0.2, 0) is 0 Å². The predicted molar refractivity (Wildman–Crippen MR) is 54.9 cm³/mol. The first-order chi connectivity index (χ1) is 6.52. The Balaban J connectivity index is 2.79. The van der Waals surface area contributed by atoms with E-state index in [0.29, 0.717) is 12.0 Å². The molecular formula is C12H14O2. The normalized spacial score (nSPS) is 19.9. The zero-order valence-electron chi connectivity index (χ0n) is 8.72. The predicted octanol–water partition coefficient (Wildman–Crippen LogP) is 2.70. The van der Waals surface area contributed by atoms with Gasteiger partial charge in [-0.25, -0.2) is 0 Å². The molecule has 2 rings (SSSR count). The maximum atomic E-state index is 11.6. The van der Waals surface area contributed by atoms with Crippen molar-refractivity contribution in [3.8, 4) is 5.75 Å². The van der Waals surface area contributed by atoms with Gasteiger partial charge in [-0.1, -0.05) is 6.92 Å². The zero-order valence-corrected chi connectivity index (χ0v) is 8.72. The van der Waals surface area contributed by atoms with Gasteiger partial charge in [0.15, 0.2) is 5.78 Å². The minimum atomic E-state index is 0.0769. The van der Waals surface area contributed by atoms with E-state index in [0.717, 1.165) is 16.7 Å². The van der Waals surface area contributed by atoms with Crippen molar-refractivity contribution >= 4 is 5.78 Å². The highest BCUT2D eigenvalue weighted by Gasteiger charge is 2.31. The smallest absolute Gasteiger partial charge is 0.167 e. The van der Waals surface area contributed by atoms with Crippen LogP contribution in [-0.4, -0.2) is 10.9 Å². The fraction of sp³-hybridized carbons (Fsp3) is 0.417. The molecule has 0 aliphatic heterocycles. The Hall–Kier alpha value is -1.31. The van der Waals surface area contributed by atoms with Crippen LogP contribution in [0.4, 0.5) is 0 Å². The highest BCUT2D eigenvalue weighted by Crippen LogP contribution is 2.40. The van der Waals surface area contributed by atoms with Gasteiger partial charge in [-0.15, -0.1) is 0 Å². The highest BCUT2D eigenvalue weighted by atomic mass is 16.3. The van der Waals surface area contributed by atoms with Crippen LogP contribution in [0.5, 0.6) is 5.75 Å². The van der Waals surface area contributed by atoms with Crippen LogP contribution < -0.4 is 0 Å². The molecule has 0 amide bonds. The lowest BCUT2D eigenvalue weighted by molar-refractivity contribution is 0.0988. The number of aryl methyl sites for hydroxylation is 1. The largest absolute Gasteiger partial charge is 0.507 e. The number of phenolic OH excluding ortho intramolecular Hbond substituents is 1. The standard InChI is InChI=1S/C12H14O2/c1-6-4-9(13)12-10(14)5-7(2)11(12)8(6)3/h4,7,13H,5H2,1-3H3. The molecule has 0 heterocycles. The molecule has 2 nitrogen and oxygen atoms in total. The van der Waals surface area contributed by atoms with Crippen molar-refractivity contribution in [3.63, 3.8) is 0 Å². The molecule has 0 radical (unpaired) electrons. The number of hydrogen-bond donors (Lipinski definition) is 1. The Bertz CT molecular complexity index is 419. The first-order valence-electron chi connectivity index (χ1n) is 4.88. The molecule has 1 N–H and O–H groups in total. The number of carbonyl (C=O) groups excluding carboxylic acids is 1. The third kappa shape index (κ3) is 1.07. The first-order valence-corrected chi connectivity index (χ1v) is 4.88. The molecule has 0 saturated carbocycles. The topological polar surface area (TPSA) is 37.3 Å². The lowest BCUT2D eigenvalue weighted by Gasteiger charge is -2.11. The second-order valence-electron chi connectivity index (χ2n) is 4.15. The average molecular weight is 190 g/mol. The van der Waals surface area contributed by atoms with Crippen LogP contribution in [0.25, 0.3) is 0 Å². The van der Waals surface area contributed by atoms with Gasteiger partial charge in [0.2, 0.25) is 0 Å². The molecule has 14 heavy (non-hydrogen) atoms. The van der Waals surface area contributed by atoms with E-state index in [-0.39, 0.29) is 17.5 Å². The van der Waals surface area contributed by atoms with Gasteiger partial charge in [-0.2, -0.15) is 0 Å². The molecule has 0 bridgehead atoms. The summed E-state index contributed by atoms with van der Waals surface area (Å²) in [6, 6.07) is 1.68. The molecule has 1 aromatic rings. The van der Waals surface area contributed by atoms with Crippen molar-refractivity contribution in [1.29, 1.82) is 0 Å². The van der Waals surface area contributed by atoms with Crippen molar-refractivity contribution in [2.45, 2.75) is 33.1 Å². The zero-order chi connectivity index (χ0) is 10.5. The number of fused-ring (bicyclic) bond motifs is 1. The third-order valence-corrected chi connectivity index (χ3v) is 3.14. The lowest BCUT2D eigenvalue weighted by atomic mass is 9.94. The fourth-order valence-electron chi connectivity index (χ4n) is 2.31. The molecule has 1 aliphatic rings. The number of carbonyl (C=O) groups is 1. The minimum Gasteiger partial charge on any atom is -0.507 e. The molecule has 0 fully saturated rings. The van der Waals surface area contributed by atoms with Gasteiger partial charge in [0.05, 0.1) is 5.56 Å². The Kier molecular flexibility index (Phi) is 1.88. The van der Waals surface area contributed by atoms with Gasteiger partial charge in [-0.3, -0.25) is 4.79 Å². The average Bonchev–Trinajstić information content (AvgIpc) is 2.38. The summed E-state index contributed by atoms with van der Waals surface area (Å²) < 4.78 is 0. The quantitative estimate of drug-likeness (QED) is 0.683. The summed E-state index contributed by atoms with van der Waals surface area (Å²) in [5.74, 6) is 0.480. The minimum absolute atomic E-state index is 0.0769. The number of aromatic hydroxyl groups is 1. The van der Waals surface area contributed by atoms with Crippen LogP contribution in [0.3, 0.4) is 0 Å². The van der Waals surface area contributed by atoms with E-state index < -0.39 is 0 Å². The first kappa shape index (κ1) is 9.25. The number of hydrogen-bond acceptors (Lipinski definition) is 2. The van der Waals surface area contributed by atoms with Crippen molar-refractivity contribution < 1.29 is 9.90 Å². The molecule has 1 aliphatic carbocycles. The van der Waals surface area contributed by atoms with Crippen LogP contribution in [0, 0.1) is 13.8 Å². The Morgan fingerprint density at radius 2 is 2.07 bits per heavy atom. The van der Waals surface area contributed by atoms with Crippen molar-refractivity contribution in [1.82, 2.24) is 0 Å². The summed E-state index contributed by atoms with van der Waals surface area (Å²) in [7, 11) is 0. The summed E-state index contributed by atoms with van der Waals surface area (Å²) in [6.07, 6.45) is 0.535. The SMILES string of the molecule is Cc1cc(O)c2c(c1C)C(C)CC2=O. The molecule has 2 heteroatoms. The van der Waals surface area contributed by atoms with Gasteiger partial charge in [0.25, 0.3) is 0 Å². The molecule has 1 atom stereocenters. The number of Topliss-reactive ketones (excluding diaryl/α,β-unsaturated/α-hetero) is 1. The summed E-state index contributed by atoms with van der Waals surface area (Å²) in [5, 5.41) is 9.70. The van der Waals surface area contributed by atoms with Gasteiger partial charge in [-0.05, 0) is 42.5 Å². The van der Waals surface area contributed by atoms with Crippen molar-refractivity contribution in [3.05, 3.63) is 28.3 Å². The second-order valence-corrected chi connectivity index (χ2v) is 4.15. The van der Waals surface area contributed by atoms with Gasteiger partial charge < -0.3 is 5.11 Å². The molecule has 1 unspecified atom stereocenters. The summed E-state index contributed by atoms with van der Waals surface area (Å²) in [4.78, 5) is 11.6. The number of phenols is 1. The molecule has 74 valence electrons. The summed E-state index contributed by atoms with van der Waals surface area (Å²) in [6.45, 7) is 6.02. The van der Waals surface area contributed by atoms with E-state index in [1.807, 2.05) is 20.8 Å². The van der Waals surface area contributed by atoms with E-state index in [4.69, 9.17) is 0 Å². The number of ketones is 1. The van der Waals surface area contributed by atoms with E-state index in [1.165, 1.54) is 0 Å². The van der Waals surface area contributed by atoms with Crippen LogP contribution in [0.1, 0.15) is 46.3 Å². The van der Waals surface area contributed by atoms with Crippen LogP contribution in [0.15, 0.2) is 6.07 Å². The van der Waals surface area contributed by atoms with E-state index in [2.05, 4.69) is 0 Å². The highest BCUT2D eigenvalue weighted by molar-refractivity contribution is 6.04. The van der Waals surface area contributed by atoms with E-state index in [9.17, 15) is 9.90 Å². The second kappa shape index (κ2) is 2.84. The van der Waals surface area contributed by atoms with Crippen molar-refractivity contribution in [2.24, 2.45) is 0 Å². The maximum Gasteiger partial charge on any atom is 0.167 e. The number of benzene rings is 1. The van der Waals surface area contributed by atoms with Gasteiger partial charge in [0.1, 0.15) is 5.75 Å². The van der Waals surface area contributed by atoms with E-state index in [1.54, 1.807) is 6.07 Å². The molecule has 0 saturated heterocycles. The summed E-state index contributed by atoms with van der Waals surface area (Å²) >= 11 is 0. The summed E-state index contributed by atoms with van der Waals surface area (Å²) in [5.41, 5.74) is 3.81. The monoisotopic (exact) mass is 190 g/mol. The number of rotatable bonds is 0. The van der Waals surface area contributed by atoms with Gasteiger partial charge in [0, 0.05) is 6.42 Å². The third-order valence-electron chi connectivity index (χ3n) is 3.14. The van der Waals surface area contributed by atoms with Crippen LogP contribution >= 0.6 is 0 Å². The Morgan fingerprint density at radius 3 is 2.71 bits per heavy atom. The fourth-order valence-corrected chi connectivity index (χ4v) is 2.31. The Morgan fingerprint density at radius 1 is 1.43 bits per heavy atom. The maximum absolute atomic E-state index is 11.6. The molecule has 0 spiro atoms. The van der Waals surface area contributed by atoms with Crippen LogP contribution in [0.2, 0.25) is 0 Å². The molecule has 0 aromatic heterocycles. The van der Waals surface area contributed by atoms with Gasteiger partial charge >= 0.3 is 0 Å². The molecule has 1 aromatic carbocycles. The Labute approximate surface area is 83.6 Å². The van der Waals surface area contributed by atoms with E-state index >= 15 is 0 Å². The molecular weight excluding hydrogens is 176 g/mol. The lowest BCUT2D eigenvalue weighted by Crippen LogP contribution is -1.96.